The molecule has 2 N–H and O–H groups in total. The number of rotatable bonds is 4. The van der Waals surface area contributed by atoms with Crippen LogP contribution in [-0.4, -0.2) is 26.3 Å². The summed E-state index contributed by atoms with van der Waals surface area (Å²) in [7, 11) is 0. The number of hydrogen-bond acceptors (Lipinski definition) is 6. The Morgan fingerprint density at radius 1 is 0.972 bits per heavy atom. The van der Waals surface area contributed by atoms with Crippen molar-refractivity contribution in [1.82, 2.24) is 19.9 Å². The first-order valence-electron chi connectivity index (χ1n) is 10.7. The van der Waals surface area contributed by atoms with Gasteiger partial charge in [-0.05, 0) is 55.0 Å². The van der Waals surface area contributed by atoms with Gasteiger partial charge in [-0.25, -0.2) is 18.2 Å². The standard InChI is InChI=1S/C25H16F3N5O3/c1-12-11-13(26)5-6-14(12)21-15-7-10-20(35)33(22-16(27)3-2-4-17(22)28)23(15)32-25(31-21)29-18-8-9-19(34)30-24(18)36/h2-8,10-11H,9H2,1H3,(H,29,31,32)(H,30,34,36). The summed E-state index contributed by atoms with van der Waals surface area (Å²) in [6.45, 7) is 1.65. The van der Waals surface area contributed by atoms with Gasteiger partial charge in [-0.2, -0.15) is 4.98 Å². The van der Waals surface area contributed by atoms with E-state index < -0.39 is 40.5 Å². The molecule has 5 rings (SSSR count). The second kappa shape index (κ2) is 8.77. The number of nitrogens with zero attached hydrogens (tertiary/aromatic N) is 3. The molecule has 0 unspecified atom stereocenters. The van der Waals surface area contributed by atoms with Crippen molar-refractivity contribution in [2.75, 3.05) is 5.32 Å². The summed E-state index contributed by atoms with van der Waals surface area (Å²) in [5, 5.41) is 5.10. The summed E-state index contributed by atoms with van der Waals surface area (Å²) in [5.74, 6) is -3.87. The molecule has 0 radical (unpaired) electrons. The van der Waals surface area contributed by atoms with Crippen molar-refractivity contribution in [3.8, 4) is 16.9 Å². The van der Waals surface area contributed by atoms with Gasteiger partial charge in [0.15, 0.2) is 5.65 Å². The van der Waals surface area contributed by atoms with Gasteiger partial charge in [-0.1, -0.05) is 6.07 Å². The Hall–Kier alpha value is -4.80. The molecule has 180 valence electrons. The van der Waals surface area contributed by atoms with Crippen molar-refractivity contribution in [3.63, 3.8) is 0 Å². The van der Waals surface area contributed by atoms with Crippen LogP contribution >= 0.6 is 0 Å². The molecule has 3 heterocycles. The smallest absolute Gasteiger partial charge is 0.274 e. The molecule has 1 aliphatic rings. The predicted molar refractivity (Wildman–Crippen MR) is 125 cm³/mol. The van der Waals surface area contributed by atoms with E-state index in [0.29, 0.717) is 11.1 Å². The molecular formula is C25H16F3N5O3. The minimum absolute atomic E-state index is 0.0300. The number of aromatic nitrogens is 3. The molecule has 0 atom stereocenters. The van der Waals surface area contributed by atoms with E-state index in [2.05, 4.69) is 20.6 Å². The van der Waals surface area contributed by atoms with Gasteiger partial charge in [-0.15, -0.1) is 0 Å². The van der Waals surface area contributed by atoms with E-state index in [9.17, 15) is 27.6 Å². The third-order valence-corrected chi connectivity index (χ3v) is 5.59. The molecular weight excluding hydrogens is 475 g/mol. The molecule has 36 heavy (non-hydrogen) atoms. The Balaban J connectivity index is 1.83. The zero-order valence-corrected chi connectivity index (χ0v) is 18.6. The van der Waals surface area contributed by atoms with Crippen LogP contribution in [0.4, 0.5) is 19.1 Å². The number of pyridine rings is 1. The Bertz CT molecular complexity index is 1660. The number of amides is 2. The largest absolute Gasteiger partial charge is 0.320 e. The topological polar surface area (TPSA) is 106 Å². The Morgan fingerprint density at radius 2 is 1.72 bits per heavy atom. The number of benzene rings is 2. The number of anilines is 1. The van der Waals surface area contributed by atoms with Gasteiger partial charge in [0.2, 0.25) is 11.9 Å². The van der Waals surface area contributed by atoms with Gasteiger partial charge < -0.3 is 5.32 Å². The van der Waals surface area contributed by atoms with E-state index in [0.717, 1.165) is 28.8 Å². The van der Waals surface area contributed by atoms with E-state index in [1.807, 2.05) is 0 Å². The van der Waals surface area contributed by atoms with Crippen LogP contribution in [0.25, 0.3) is 28.0 Å². The molecule has 0 saturated carbocycles. The lowest BCUT2D eigenvalue weighted by Gasteiger charge is -2.17. The first-order valence-corrected chi connectivity index (χ1v) is 10.7. The third-order valence-electron chi connectivity index (χ3n) is 5.59. The van der Waals surface area contributed by atoms with Crippen LogP contribution in [0.1, 0.15) is 12.0 Å². The SMILES string of the molecule is Cc1cc(F)ccc1-c1nc(NC2=CCC(=O)NC2=O)nc2c1ccc(=O)n2-c1c(F)cccc1F. The van der Waals surface area contributed by atoms with E-state index in [1.54, 1.807) is 6.92 Å². The highest BCUT2D eigenvalue weighted by molar-refractivity contribution is 6.08. The van der Waals surface area contributed by atoms with Crippen LogP contribution in [0, 0.1) is 24.4 Å². The van der Waals surface area contributed by atoms with Crippen LogP contribution in [-0.2, 0) is 9.59 Å². The van der Waals surface area contributed by atoms with Gasteiger partial charge in [0.25, 0.3) is 11.5 Å². The molecule has 0 saturated heterocycles. The first kappa shape index (κ1) is 23.0. The van der Waals surface area contributed by atoms with E-state index in [-0.39, 0.29) is 34.8 Å². The molecule has 0 aliphatic carbocycles. The second-order valence-electron chi connectivity index (χ2n) is 7.99. The monoisotopic (exact) mass is 491 g/mol. The highest BCUT2D eigenvalue weighted by atomic mass is 19.1. The molecule has 11 heteroatoms. The number of nitrogens with one attached hydrogen (secondary N) is 2. The summed E-state index contributed by atoms with van der Waals surface area (Å²) in [5.41, 5.74) is -0.413. The molecule has 8 nitrogen and oxygen atoms in total. The third kappa shape index (κ3) is 4.00. The van der Waals surface area contributed by atoms with Crippen molar-refractivity contribution < 1.29 is 22.8 Å². The van der Waals surface area contributed by atoms with E-state index >= 15 is 0 Å². The summed E-state index contributed by atoms with van der Waals surface area (Å²) in [4.78, 5) is 45.4. The minimum atomic E-state index is -0.995. The van der Waals surface area contributed by atoms with Crippen LogP contribution in [0.15, 0.2) is 65.1 Å². The predicted octanol–water partition coefficient (Wildman–Crippen LogP) is 3.52. The molecule has 2 aromatic heterocycles. The normalized spacial score (nSPS) is 13.5. The summed E-state index contributed by atoms with van der Waals surface area (Å²) in [6, 6.07) is 9.67. The maximum absolute atomic E-state index is 14.7. The van der Waals surface area contributed by atoms with E-state index in [1.165, 1.54) is 30.3 Å². The number of fused-ring (bicyclic) bond motifs is 1. The average molecular weight is 491 g/mol. The lowest BCUT2D eigenvalue weighted by atomic mass is 10.0. The van der Waals surface area contributed by atoms with Gasteiger partial charge in [0.1, 0.15) is 28.8 Å². The molecule has 0 bridgehead atoms. The van der Waals surface area contributed by atoms with Crippen molar-refractivity contribution in [1.29, 1.82) is 0 Å². The Kier molecular flexibility index (Phi) is 5.59. The number of aryl methyl sites for hydroxylation is 1. The zero-order chi connectivity index (χ0) is 25.6. The lowest BCUT2D eigenvalue weighted by molar-refractivity contribution is -0.128. The number of hydrogen-bond donors (Lipinski definition) is 2. The minimum Gasteiger partial charge on any atom is -0.320 e. The highest BCUT2D eigenvalue weighted by Crippen LogP contribution is 2.31. The van der Waals surface area contributed by atoms with Gasteiger partial charge >= 0.3 is 0 Å². The molecule has 0 spiro atoms. The fourth-order valence-corrected chi connectivity index (χ4v) is 3.95. The average Bonchev–Trinajstić information content (AvgIpc) is 2.82. The first-order chi connectivity index (χ1) is 17.2. The molecule has 2 amide bonds. The molecule has 1 aliphatic heterocycles. The summed E-state index contributed by atoms with van der Waals surface area (Å²) >= 11 is 0. The van der Waals surface area contributed by atoms with Crippen LogP contribution in [0.2, 0.25) is 0 Å². The van der Waals surface area contributed by atoms with Gasteiger partial charge in [-0.3, -0.25) is 24.3 Å². The fraction of sp³-hybridized carbons (Fsp3) is 0.0800. The van der Waals surface area contributed by atoms with Gasteiger partial charge in [0, 0.05) is 23.4 Å². The summed E-state index contributed by atoms with van der Waals surface area (Å²) in [6.07, 6.45) is 1.27. The number of halogens is 3. The van der Waals surface area contributed by atoms with E-state index in [4.69, 9.17) is 0 Å². The molecule has 0 fully saturated rings. The number of carbonyl (C=O) groups is 2. The lowest BCUT2D eigenvalue weighted by Crippen LogP contribution is -2.37. The Morgan fingerprint density at radius 3 is 2.42 bits per heavy atom. The highest BCUT2D eigenvalue weighted by Gasteiger charge is 2.23. The van der Waals surface area contributed by atoms with Gasteiger partial charge in [0.05, 0.1) is 5.69 Å². The maximum Gasteiger partial charge on any atom is 0.274 e. The van der Waals surface area contributed by atoms with Crippen molar-refractivity contribution in [2.24, 2.45) is 0 Å². The van der Waals surface area contributed by atoms with Crippen molar-refractivity contribution >= 4 is 28.8 Å². The number of imide groups is 1. The maximum atomic E-state index is 14.7. The van der Waals surface area contributed by atoms with Crippen LogP contribution in [0.3, 0.4) is 0 Å². The Labute approximate surface area is 201 Å². The quantitative estimate of drug-likeness (QED) is 0.424. The molecule has 2 aromatic carbocycles. The fourth-order valence-electron chi connectivity index (χ4n) is 3.95. The van der Waals surface area contributed by atoms with Crippen molar-refractivity contribution in [3.05, 3.63) is 93.7 Å². The van der Waals surface area contributed by atoms with Crippen LogP contribution in [0.5, 0.6) is 0 Å². The second-order valence-corrected chi connectivity index (χ2v) is 7.99. The van der Waals surface area contributed by atoms with Crippen LogP contribution < -0.4 is 16.2 Å². The zero-order valence-electron chi connectivity index (χ0n) is 18.6. The molecule has 4 aromatic rings. The summed E-state index contributed by atoms with van der Waals surface area (Å²) < 4.78 is 44.1. The van der Waals surface area contributed by atoms with Crippen molar-refractivity contribution in [2.45, 2.75) is 13.3 Å². The number of para-hydroxylation sites is 1. The number of carbonyl (C=O) groups excluding carboxylic acids is 2.